The first-order valence-corrected chi connectivity index (χ1v) is 10.8. The molecule has 0 saturated heterocycles. The summed E-state index contributed by atoms with van der Waals surface area (Å²) in [6.07, 6.45) is 4.23. The molecule has 32 heavy (non-hydrogen) atoms. The molecule has 1 aliphatic rings. The minimum absolute atomic E-state index is 0.139. The van der Waals surface area contributed by atoms with Gasteiger partial charge in [0.25, 0.3) is 0 Å². The average Bonchev–Trinajstić information content (AvgIpc) is 2.83. The Bertz CT molecular complexity index is 928. The van der Waals surface area contributed by atoms with Crippen LogP contribution in [0.25, 0.3) is 0 Å². The van der Waals surface area contributed by atoms with Crippen molar-refractivity contribution in [1.29, 1.82) is 0 Å². The van der Waals surface area contributed by atoms with Crippen LogP contribution in [0.2, 0.25) is 0 Å². The van der Waals surface area contributed by atoms with E-state index in [4.69, 9.17) is 15.2 Å². The summed E-state index contributed by atoms with van der Waals surface area (Å²) in [5.74, 6) is -1.44. The number of esters is 2. The molecule has 170 valence electrons. The lowest BCUT2D eigenvalue weighted by molar-refractivity contribution is -0.142. The number of nitrogens with zero attached hydrogens (tertiary/aromatic N) is 1. The highest BCUT2D eigenvalue weighted by molar-refractivity contribution is 5.97. The van der Waals surface area contributed by atoms with Crippen molar-refractivity contribution in [2.45, 2.75) is 44.2 Å². The van der Waals surface area contributed by atoms with Gasteiger partial charge in [-0.15, -0.1) is 0 Å². The molecule has 0 aliphatic heterocycles. The van der Waals surface area contributed by atoms with Gasteiger partial charge in [-0.1, -0.05) is 49.6 Å². The van der Waals surface area contributed by atoms with Crippen LogP contribution in [0, 0.1) is 0 Å². The summed E-state index contributed by atoms with van der Waals surface area (Å²) in [5.41, 5.74) is 7.85. The number of carbonyl (C=O) groups is 3. The number of rotatable bonds is 7. The minimum Gasteiger partial charge on any atom is -0.467 e. The summed E-state index contributed by atoms with van der Waals surface area (Å²) in [6, 6.07) is 14.7. The van der Waals surface area contributed by atoms with Crippen molar-refractivity contribution >= 4 is 29.4 Å². The third-order valence-corrected chi connectivity index (χ3v) is 5.61. The number of hydrogen-bond donors (Lipinski definition) is 2. The number of nitrogens with one attached hydrogen (secondary N) is 1. The van der Waals surface area contributed by atoms with E-state index >= 15 is 0 Å². The zero-order valence-corrected chi connectivity index (χ0v) is 18.2. The minimum atomic E-state index is -1.04. The number of nitrogen functional groups attached to an aromatic ring is 1. The Labute approximate surface area is 187 Å². The van der Waals surface area contributed by atoms with Crippen LogP contribution in [0.1, 0.15) is 42.5 Å². The van der Waals surface area contributed by atoms with E-state index in [1.807, 2.05) is 18.2 Å². The fourth-order valence-corrected chi connectivity index (χ4v) is 3.99. The lowest BCUT2D eigenvalue weighted by Gasteiger charge is -2.38. The maximum absolute atomic E-state index is 12.5. The molecule has 0 aromatic heterocycles. The Balaban J connectivity index is 1.77. The van der Waals surface area contributed by atoms with Crippen molar-refractivity contribution < 1.29 is 23.9 Å². The fraction of sp³-hybridized carbons (Fsp3) is 0.375. The average molecular weight is 440 g/mol. The molecule has 1 saturated carbocycles. The zero-order chi connectivity index (χ0) is 22.9. The Morgan fingerprint density at radius 3 is 2.34 bits per heavy atom. The van der Waals surface area contributed by atoms with E-state index < -0.39 is 24.1 Å². The molecule has 3 rings (SSSR count). The highest BCUT2D eigenvalue weighted by atomic mass is 16.6. The summed E-state index contributed by atoms with van der Waals surface area (Å²) in [5, 5.41) is 2.49. The van der Waals surface area contributed by atoms with E-state index in [2.05, 4.69) is 10.2 Å². The third-order valence-electron chi connectivity index (χ3n) is 5.61. The Morgan fingerprint density at radius 1 is 1.03 bits per heavy atom. The second kappa shape index (κ2) is 11.2. The second-order valence-corrected chi connectivity index (χ2v) is 7.77. The Kier molecular flexibility index (Phi) is 8.08. The maximum atomic E-state index is 12.5. The van der Waals surface area contributed by atoms with Gasteiger partial charge in [-0.25, -0.2) is 14.4 Å². The molecule has 3 N–H and O–H groups in total. The van der Waals surface area contributed by atoms with Gasteiger partial charge >= 0.3 is 18.0 Å². The number of anilines is 2. The smallest absolute Gasteiger partial charge is 0.415 e. The van der Waals surface area contributed by atoms with Crippen LogP contribution in [0.5, 0.6) is 0 Å². The molecule has 8 nitrogen and oxygen atoms in total. The third kappa shape index (κ3) is 6.00. The number of ether oxygens (including phenoxy) is 2. The van der Waals surface area contributed by atoms with Gasteiger partial charge in [-0.3, -0.25) is 0 Å². The molecule has 2 aromatic rings. The predicted molar refractivity (Wildman–Crippen MR) is 121 cm³/mol. The van der Waals surface area contributed by atoms with E-state index in [-0.39, 0.29) is 18.2 Å². The van der Waals surface area contributed by atoms with Gasteiger partial charge in [-0.2, -0.15) is 0 Å². The lowest BCUT2D eigenvalue weighted by Crippen LogP contribution is -2.52. The Hall–Kier alpha value is -3.55. The second-order valence-electron chi connectivity index (χ2n) is 7.77. The standard InChI is InChI=1S/C24H29N3O5/c1-31-23(29)20(26-24(30)32-22(28)17-10-4-2-5-11-17)16-27(18-12-6-3-7-13-18)21-15-9-8-14-19(21)25/h2,4-5,8-11,14-15,18,20H,3,6-7,12-13,16,25H2,1H3,(H,26,30). The number of alkyl carbamates (subject to hydrolysis) is 1. The summed E-state index contributed by atoms with van der Waals surface area (Å²) >= 11 is 0. The van der Waals surface area contributed by atoms with Crippen molar-refractivity contribution in [3.8, 4) is 0 Å². The molecule has 1 aliphatic carbocycles. The van der Waals surface area contributed by atoms with Gasteiger partial charge < -0.3 is 25.4 Å². The van der Waals surface area contributed by atoms with Crippen LogP contribution >= 0.6 is 0 Å². The van der Waals surface area contributed by atoms with Crippen molar-refractivity contribution in [3.05, 3.63) is 60.2 Å². The molecule has 0 bridgehead atoms. The number of carbonyl (C=O) groups excluding carboxylic acids is 3. The number of methoxy groups -OCH3 is 1. The first-order chi connectivity index (χ1) is 15.5. The van der Waals surface area contributed by atoms with Gasteiger partial charge in [0.1, 0.15) is 6.04 Å². The number of amides is 1. The molecule has 0 heterocycles. The Morgan fingerprint density at radius 2 is 1.69 bits per heavy atom. The van der Waals surface area contributed by atoms with E-state index in [9.17, 15) is 14.4 Å². The van der Waals surface area contributed by atoms with Gasteiger partial charge in [-0.05, 0) is 37.1 Å². The largest absolute Gasteiger partial charge is 0.467 e. The highest BCUT2D eigenvalue weighted by Gasteiger charge is 2.31. The molecule has 2 aromatic carbocycles. The monoisotopic (exact) mass is 439 g/mol. The molecule has 8 heteroatoms. The summed E-state index contributed by atoms with van der Waals surface area (Å²) in [7, 11) is 1.25. The van der Waals surface area contributed by atoms with Gasteiger partial charge in [0.15, 0.2) is 0 Å². The summed E-state index contributed by atoms with van der Waals surface area (Å²) in [4.78, 5) is 39.2. The molecule has 1 atom stereocenters. The van der Waals surface area contributed by atoms with E-state index in [0.717, 1.165) is 31.4 Å². The van der Waals surface area contributed by atoms with Crippen LogP contribution in [0.4, 0.5) is 16.2 Å². The number of nitrogens with two attached hydrogens (primary N) is 1. The molecule has 0 spiro atoms. The maximum Gasteiger partial charge on any atom is 0.415 e. The first-order valence-electron chi connectivity index (χ1n) is 10.8. The fourth-order valence-electron chi connectivity index (χ4n) is 3.99. The number of para-hydroxylation sites is 2. The van der Waals surface area contributed by atoms with Crippen LogP contribution in [-0.4, -0.2) is 43.8 Å². The van der Waals surface area contributed by atoms with E-state index in [1.165, 1.54) is 25.7 Å². The van der Waals surface area contributed by atoms with Crippen LogP contribution in [-0.2, 0) is 14.3 Å². The topological polar surface area (TPSA) is 111 Å². The molecular weight excluding hydrogens is 410 g/mol. The number of benzene rings is 2. The molecule has 1 amide bonds. The van der Waals surface area contributed by atoms with Gasteiger partial charge in [0.05, 0.1) is 24.0 Å². The first kappa shape index (κ1) is 23.1. The van der Waals surface area contributed by atoms with Crippen molar-refractivity contribution in [1.82, 2.24) is 5.32 Å². The molecule has 1 unspecified atom stereocenters. The highest BCUT2D eigenvalue weighted by Crippen LogP contribution is 2.31. The van der Waals surface area contributed by atoms with Crippen molar-refractivity contribution in [2.24, 2.45) is 0 Å². The van der Waals surface area contributed by atoms with Crippen LogP contribution in [0.3, 0.4) is 0 Å². The van der Waals surface area contributed by atoms with Crippen LogP contribution in [0.15, 0.2) is 54.6 Å². The van der Waals surface area contributed by atoms with Gasteiger partial charge in [0.2, 0.25) is 0 Å². The molecule has 1 fully saturated rings. The lowest BCUT2D eigenvalue weighted by atomic mass is 9.93. The number of hydrogen-bond acceptors (Lipinski definition) is 7. The van der Waals surface area contributed by atoms with Crippen molar-refractivity contribution in [2.75, 3.05) is 24.3 Å². The van der Waals surface area contributed by atoms with Crippen LogP contribution < -0.4 is 16.0 Å². The van der Waals surface area contributed by atoms with Crippen molar-refractivity contribution in [3.63, 3.8) is 0 Å². The summed E-state index contributed by atoms with van der Waals surface area (Å²) < 4.78 is 9.78. The van der Waals surface area contributed by atoms with E-state index in [0.29, 0.717) is 5.69 Å². The molecule has 0 radical (unpaired) electrons. The SMILES string of the molecule is COC(=O)C(CN(c1ccccc1N)C1CCCCC1)NC(=O)OC(=O)c1ccccc1. The summed E-state index contributed by atoms with van der Waals surface area (Å²) in [6.45, 7) is 0.139. The quantitative estimate of drug-likeness (QED) is 0.386. The zero-order valence-electron chi connectivity index (χ0n) is 18.2. The van der Waals surface area contributed by atoms with Gasteiger partial charge in [0, 0.05) is 12.6 Å². The normalized spacial score (nSPS) is 14.8. The molecular formula is C24H29N3O5. The predicted octanol–water partition coefficient (Wildman–Crippen LogP) is 3.52. The van der Waals surface area contributed by atoms with E-state index in [1.54, 1.807) is 24.3 Å².